The van der Waals surface area contributed by atoms with Gasteiger partial charge in [0.25, 0.3) is 0 Å². The number of nitrogens with one attached hydrogen (secondary N) is 1. The number of carbonyl (C=O) groups excluding carboxylic acids is 1. The predicted octanol–water partition coefficient (Wildman–Crippen LogP) is 0.680. The summed E-state index contributed by atoms with van der Waals surface area (Å²) in [5.74, 6) is 0.194. The molecule has 0 unspecified atom stereocenters. The second-order valence-electron chi connectivity index (χ2n) is 5.60. The maximum absolute atomic E-state index is 11.4. The normalized spacial score (nSPS) is 21.7. The zero-order valence-electron chi connectivity index (χ0n) is 10.9. The molecule has 2 N–H and O–H groups in total. The van der Waals surface area contributed by atoms with Gasteiger partial charge in [0.05, 0.1) is 12.3 Å². The molecular weight excluding hydrogens is 242 g/mol. The first-order chi connectivity index (χ1) is 9.21. The number of rotatable bonds is 2. The summed E-state index contributed by atoms with van der Waals surface area (Å²) in [6, 6.07) is 3.92. The molecule has 19 heavy (non-hydrogen) atoms. The second-order valence-corrected chi connectivity index (χ2v) is 5.60. The van der Waals surface area contributed by atoms with Gasteiger partial charge in [0.1, 0.15) is 0 Å². The van der Waals surface area contributed by atoms with E-state index in [-0.39, 0.29) is 17.9 Å². The zero-order valence-corrected chi connectivity index (χ0v) is 10.9. The minimum atomic E-state index is -0.0238. The summed E-state index contributed by atoms with van der Waals surface area (Å²) in [7, 11) is 0. The Balaban J connectivity index is 1.68. The van der Waals surface area contributed by atoms with Gasteiger partial charge >= 0.3 is 0 Å². The van der Waals surface area contributed by atoms with Crippen LogP contribution in [-0.2, 0) is 11.4 Å². The number of carbonyl (C=O) groups is 1. The highest BCUT2D eigenvalue weighted by Crippen LogP contribution is 2.38. The average Bonchev–Trinajstić information content (AvgIpc) is 2.81. The summed E-state index contributed by atoms with van der Waals surface area (Å²) in [6.45, 7) is 2.73. The van der Waals surface area contributed by atoms with Crippen molar-refractivity contribution in [2.24, 2.45) is 5.41 Å². The molecule has 3 heterocycles. The molecule has 2 aliphatic heterocycles. The highest BCUT2D eigenvalue weighted by Gasteiger charge is 2.40. The van der Waals surface area contributed by atoms with Crippen molar-refractivity contribution in [3.8, 4) is 0 Å². The first-order valence-electron chi connectivity index (χ1n) is 6.78. The number of anilines is 1. The summed E-state index contributed by atoms with van der Waals surface area (Å²) in [5, 5.41) is 12.1. The molecule has 1 aromatic rings. The highest BCUT2D eigenvalue weighted by molar-refractivity contribution is 5.79. The van der Waals surface area contributed by atoms with Crippen molar-refractivity contribution in [3.05, 3.63) is 24.0 Å². The fourth-order valence-corrected chi connectivity index (χ4v) is 3.09. The van der Waals surface area contributed by atoms with Gasteiger partial charge in [-0.15, -0.1) is 0 Å². The second kappa shape index (κ2) is 4.81. The van der Waals surface area contributed by atoms with Crippen LogP contribution in [-0.4, -0.2) is 35.6 Å². The van der Waals surface area contributed by atoms with Gasteiger partial charge in [-0.1, -0.05) is 0 Å². The van der Waals surface area contributed by atoms with Gasteiger partial charge in [-0.3, -0.25) is 9.78 Å². The minimum Gasteiger partial charge on any atom is -0.390 e. The lowest BCUT2D eigenvalue weighted by Crippen LogP contribution is -2.41. The van der Waals surface area contributed by atoms with Crippen molar-refractivity contribution >= 4 is 11.6 Å². The Kier molecular flexibility index (Phi) is 3.14. The number of aromatic nitrogens is 1. The van der Waals surface area contributed by atoms with E-state index in [9.17, 15) is 4.79 Å². The molecule has 0 bridgehead atoms. The van der Waals surface area contributed by atoms with Crippen LogP contribution in [0.15, 0.2) is 18.3 Å². The molecule has 0 radical (unpaired) electrons. The van der Waals surface area contributed by atoms with E-state index < -0.39 is 0 Å². The first kappa shape index (κ1) is 12.4. The zero-order chi connectivity index (χ0) is 13.3. The lowest BCUT2D eigenvalue weighted by Gasteiger charge is -2.39. The monoisotopic (exact) mass is 261 g/mol. The van der Waals surface area contributed by atoms with Crippen LogP contribution in [0.2, 0.25) is 0 Å². The van der Waals surface area contributed by atoms with Crippen LogP contribution >= 0.6 is 0 Å². The maximum Gasteiger partial charge on any atom is 0.220 e. The van der Waals surface area contributed by atoms with E-state index in [1.807, 2.05) is 12.1 Å². The Bertz CT molecular complexity index is 481. The molecule has 102 valence electrons. The first-order valence-corrected chi connectivity index (χ1v) is 6.78. The standard InChI is InChI=1S/C14H19N3O2/c18-9-11-7-12(1-4-15-11)17-5-2-14(3-6-17)8-13(19)16-10-14/h1,4,7,18H,2-3,5-6,8-10H2,(H,16,19). The van der Waals surface area contributed by atoms with Crippen molar-refractivity contribution in [3.63, 3.8) is 0 Å². The van der Waals surface area contributed by atoms with Crippen LogP contribution in [0.25, 0.3) is 0 Å². The van der Waals surface area contributed by atoms with Crippen LogP contribution in [0, 0.1) is 5.41 Å². The van der Waals surface area contributed by atoms with Gasteiger partial charge in [0, 0.05) is 37.9 Å². The van der Waals surface area contributed by atoms with Crippen LogP contribution in [0.1, 0.15) is 25.0 Å². The molecule has 0 atom stereocenters. The van der Waals surface area contributed by atoms with Crippen molar-refractivity contribution in [1.29, 1.82) is 0 Å². The third-order valence-corrected chi connectivity index (χ3v) is 4.35. The fourth-order valence-electron chi connectivity index (χ4n) is 3.09. The Labute approximate surface area is 112 Å². The summed E-state index contributed by atoms with van der Waals surface area (Å²) in [6.07, 6.45) is 4.51. The Morgan fingerprint density at radius 2 is 2.21 bits per heavy atom. The molecule has 3 rings (SSSR count). The number of hydrogen-bond donors (Lipinski definition) is 2. The van der Waals surface area contributed by atoms with Crippen LogP contribution in [0.4, 0.5) is 5.69 Å². The summed E-state index contributed by atoms with van der Waals surface area (Å²) >= 11 is 0. The lowest BCUT2D eigenvalue weighted by molar-refractivity contribution is -0.119. The molecule has 5 nitrogen and oxygen atoms in total. The van der Waals surface area contributed by atoms with Crippen molar-refractivity contribution in [2.75, 3.05) is 24.5 Å². The Hall–Kier alpha value is -1.62. The van der Waals surface area contributed by atoms with Gasteiger partial charge in [0.2, 0.25) is 5.91 Å². The molecule has 1 amide bonds. The van der Waals surface area contributed by atoms with Crippen molar-refractivity contribution in [2.45, 2.75) is 25.9 Å². The number of amides is 1. The third kappa shape index (κ3) is 2.42. The molecule has 2 saturated heterocycles. The summed E-state index contributed by atoms with van der Waals surface area (Å²) in [4.78, 5) is 17.8. The van der Waals surface area contributed by atoms with Gasteiger partial charge in [-0.05, 0) is 30.4 Å². The van der Waals surface area contributed by atoms with Gasteiger partial charge < -0.3 is 15.3 Å². The average molecular weight is 261 g/mol. The predicted molar refractivity (Wildman–Crippen MR) is 71.7 cm³/mol. The molecule has 5 heteroatoms. The van der Waals surface area contributed by atoms with Crippen molar-refractivity contribution in [1.82, 2.24) is 10.3 Å². The quantitative estimate of drug-likeness (QED) is 0.821. The van der Waals surface area contributed by atoms with Crippen LogP contribution < -0.4 is 10.2 Å². The lowest BCUT2D eigenvalue weighted by atomic mass is 9.77. The van der Waals surface area contributed by atoms with E-state index in [1.165, 1.54) is 0 Å². The van der Waals surface area contributed by atoms with Crippen molar-refractivity contribution < 1.29 is 9.90 Å². The SMILES string of the molecule is O=C1CC2(CCN(c3ccnc(CO)c3)CC2)CN1. The Morgan fingerprint density at radius 3 is 2.84 bits per heavy atom. The molecule has 2 aliphatic rings. The molecule has 0 saturated carbocycles. The van der Waals surface area contributed by atoms with E-state index in [0.717, 1.165) is 38.2 Å². The molecular formula is C14H19N3O2. The number of pyridine rings is 1. The van der Waals surface area contributed by atoms with E-state index in [4.69, 9.17) is 5.11 Å². The molecule has 0 aliphatic carbocycles. The van der Waals surface area contributed by atoms with E-state index in [2.05, 4.69) is 15.2 Å². The molecule has 1 aromatic heterocycles. The van der Waals surface area contributed by atoms with Crippen LogP contribution in [0.3, 0.4) is 0 Å². The van der Waals surface area contributed by atoms with Gasteiger partial charge in [-0.2, -0.15) is 0 Å². The number of nitrogens with zero attached hydrogens (tertiary/aromatic N) is 2. The minimum absolute atomic E-state index is 0.0238. The number of piperidine rings is 1. The van der Waals surface area contributed by atoms with E-state index >= 15 is 0 Å². The molecule has 2 fully saturated rings. The number of aliphatic hydroxyl groups is 1. The Morgan fingerprint density at radius 1 is 1.42 bits per heavy atom. The topological polar surface area (TPSA) is 65.5 Å². The summed E-state index contributed by atoms with van der Waals surface area (Å²) < 4.78 is 0. The van der Waals surface area contributed by atoms with Crippen LogP contribution in [0.5, 0.6) is 0 Å². The smallest absolute Gasteiger partial charge is 0.220 e. The third-order valence-electron chi connectivity index (χ3n) is 4.35. The van der Waals surface area contributed by atoms with E-state index in [0.29, 0.717) is 12.1 Å². The summed E-state index contributed by atoms with van der Waals surface area (Å²) in [5.41, 5.74) is 2.00. The largest absolute Gasteiger partial charge is 0.390 e. The molecule has 0 aromatic carbocycles. The van der Waals surface area contributed by atoms with E-state index in [1.54, 1.807) is 6.20 Å². The maximum atomic E-state index is 11.4. The molecule has 1 spiro atoms. The van der Waals surface area contributed by atoms with Gasteiger partial charge in [0.15, 0.2) is 0 Å². The number of aliphatic hydroxyl groups excluding tert-OH is 1. The highest BCUT2D eigenvalue weighted by atomic mass is 16.3. The van der Waals surface area contributed by atoms with Gasteiger partial charge in [-0.25, -0.2) is 0 Å². The number of hydrogen-bond acceptors (Lipinski definition) is 4. The fraction of sp³-hybridized carbons (Fsp3) is 0.571.